The van der Waals surface area contributed by atoms with Crippen molar-refractivity contribution in [2.24, 2.45) is 0 Å². The number of halogens is 2. The highest BCUT2D eigenvalue weighted by Crippen LogP contribution is 2.34. The minimum absolute atomic E-state index is 0.00160. The highest BCUT2D eigenvalue weighted by molar-refractivity contribution is 7.92. The SMILES string of the molecule is COC(=O)c1c(NC(=S)Nc2ccc(S(=O)(=O)Nc3cc(Cl)cc(Cl)c3)cc2)sc(C(=O)N(C)C)c1C. The van der Waals surface area contributed by atoms with Crippen molar-refractivity contribution >= 4 is 90.1 Å². The summed E-state index contributed by atoms with van der Waals surface area (Å²) < 4.78 is 32.8. The van der Waals surface area contributed by atoms with Crippen LogP contribution in [0.4, 0.5) is 16.4 Å². The summed E-state index contributed by atoms with van der Waals surface area (Å²) in [6.07, 6.45) is 0. The molecule has 0 fully saturated rings. The molecule has 1 heterocycles. The molecule has 3 N–H and O–H groups in total. The summed E-state index contributed by atoms with van der Waals surface area (Å²) in [5.74, 6) is -0.870. The number of thiocarbonyl (C=S) groups is 1. The summed E-state index contributed by atoms with van der Waals surface area (Å²) >= 11 is 18.3. The van der Waals surface area contributed by atoms with Crippen LogP contribution in [0, 0.1) is 6.92 Å². The zero-order chi connectivity index (χ0) is 27.5. The third-order valence-corrected chi connectivity index (χ3v) is 8.13. The van der Waals surface area contributed by atoms with Gasteiger partial charge in [-0.2, -0.15) is 0 Å². The second-order valence-corrected chi connectivity index (χ2v) is 11.8. The van der Waals surface area contributed by atoms with Gasteiger partial charge in [-0.1, -0.05) is 23.2 Å². The van der Waals surface area contributed by atoms with Crippen LogP contribution < -0.4 is 15.4 Å². The number of esters is 1. The van der Waals surface area contributed by atoms with Gasteiger partial charge in [0.05, 0.1) is 28.1 Å². The second kappa shape index (κ2) is 11.7. The molecule has 9 nitrogen and oxygen atoms in total. The van der Waals surface area contributed by atoms with Crippen molar-refractivity contribution in [3.05, 3.63) is 68.5 Å². The lowest BCUT2D eigenvalue weighted by molar-refractivity contribution is 0.0601. The van der Waals surface area contributed by atoms with Crippen LogP contribution in [0.2, 0.25) is 10.0 Å². The van der Waals surface area contributed by atoms with E-state index in [1.807, 2.05) is 0 Å². The van der Waals surface area contributed by atoms with Crippen molar-refractivity contribution < 1.29 is 22.7 Å². The number of thiophene rings is 1. The Morgan fingerprint density at radius 3 is 2.14 bits per heavy atom. The van der Waals surface area contributed by atoms with E-state index in [2.05, 4.69) is 15.4 Å². The van der Waals surface area contributed by atoms with E-state index in [1.165, 1.54) is 54.5 Å². The van der Waals surface area contributed by atoms with Crippen LogP contribution in [0.25, 0.3) is 0 Å². The molecule has 0 saturated carbocycles. The normalized spacial score (nSPS) is 11.0. The fourth-order valence-electron chi connectivity index (χ4n) is 3.17. The van der Waals surface area contributed by atoms with Gasteiger partial charge in [-0.05, 0) is 67.2 Å². The van der Waals surface area contributed by atoms with Gasteiger partial charge in [0, 0.05) is 29.8 Å². The number of anilines is 3. The van der Waals surface area contributed by atoms with E-state index < -0.39 is 16.0 Å². The van der Waals surface area contributed by atoms with Crippen molar-refractivity contribution in [3.8, 4) is 0 Å². The third-order valence-electron chi connectivity index (χ3n) is 4.90. The lowest BCUT2D eigenvalue weighted by atomic mass is 10.1. The van der Waals surface area contributed by atoms with Gasteiger partial charge in [0.1, 0.15) is 5.00 Å². The van der Waals surface area contributed by atoms with Gasteiger partial charge in [0.25, 0.3) is 15.9 Å². The molecule has 0 aliphatic carbocycles. The Labute approximate surface area is 233 Å². The fraction of sp³-hybridized carbons (Fsp3) is 0.174. The van der Waals surface area contributed by atoms with E-state index in [0.29, 0.717) is 31.2 Å². The van der Waals surface area contributed by atoms with Crippen molar-refractivity contribution in [2.75, 3.05) is 36.6 Å². The third kappa shape index (κ3) is 6.90. The van der Waals surface area contributed by atoms with Gasteiger partial charge in [0.15, 0.2) is 5.11 Å². The summed E-state index contributed by atoms with van der Waals surface area (Å²) in [4.78, 5) is 26.7. The van der Waals surface area contributed by atoms with Crippen LogP contribution in [-0.2, 0) is 14.8 Å². The molecule has 0 atom stereocenters. The van der Waals surface area contributed by atoms with E-state index in [9.17, 15) is 18.0 Å². The zero-order valence-corrected chi connectivity index (χ0v) is 24.0. The van der Waals surface area contributed by atoms with Gasteiger partial charge in [-0.25, -0.2) is 13.2 Å². The maximum atomic E-state index is 12.7. The Balaban J connectivity index is 1.76. The molecule has 196 valence electrons. The molecule has 1 aromatic heterocycles. The number of amides is 1. The van der Waals surface area contributed by atoms with Crippen molar-refractivity contribution in [3.63, 3.8) is 0 Å². The lowest BCUT2D eigenvalue weighted by Gasteiger charge is -2.12. The average Bonchev–Trinajstić information content (AvgIpc) is 3.12. The van der Waals surface area contributed by atoms with Crippen LogP contribution in [0.15, 0.2) is 47.4 Å². The lowest BCUT2D eigenvalue weighted by Crippen LogP contribution is -2.21. The fourth-order valence-corrected chi connectivity index (χ4v) is 6.24. The summed E-state index contributed by atoms with van der Waals surface area (Å²) in [5, 5.41) is 6.91. The number of benzene rings is 2. The number of hydrogen-bond acceptors (Lipinski definition) is 7. The first kappa shape index (κ1) is 28.7. The minimum Gasteiger partial charge on any atom is -0.465 e. The van der Waals surface area contributed by atoms with Gasteiger partial charge < -0.3 is 20.3 Å². The van der Waals surface area contributed by atoms with Gasteiger partial charge >= 0.3 is 5.97 Å². The van der Waals surface area contributed by atoms with Crippen LogP contribution in [-0.4, -0.2) is 51.5 Å². The molecular formula is C23H22Cl2N4O5S3. The van der Waals surface area contributed by atoms with E-state index in [4.69, 9.17) is 40.2 Å². The average molecular weight is 602 g/mol. The predicted octanol–water partition coefficient (Wildman–Crippen LogP) is 5.46. The maximum Gasteiger partial charge on any atom is 0.341 e. The Bertz CT molecular complexity index is 1450. The molecule has 0 unspecified atom stereocenters. The van der Waals surface area contributed by atoms with E-state index >= 15 is 0 Å². The first-order valence-electron chi connectivity index (χ1n) is 10.4. The summed E-state index contributed by atoms with van der Waals surface area (Å²) in [7, 11) is 0.570. The Hall–Kier alpha value is -2.90. The largest absolute Gasteiger partial charge is 0.465 e. The molecule has 0 radical (unpaired) electrons. The van der Waals surface area contributed by atoms with E-state index in [-0.39, 0.29) is 27.2 Å². The molecule has 0 aliphatic rings. The standard InChI is InChI=1S/C23H22Cl2N4O5S3/c1-12-18(22(31)34-4)20(36-19(12)21(30)29(2)3)27-23(35)26-15-5-7-17(8-6-15)37(32,33)28-16-10-13(24)9-14(25)11-16/h5-11,28H,1-4H3,(H2,26,27,35). The van der Waals surface area contributed by atoms with Crippen molar-refractivity contribution in [2.45, 2.75) is 11.8 Å². The number of ether oxygens (including phenoxy) is 1. The summed E-state index contributed by atoms with van der Waals surface area (Å²) in [5.41, 5.74) is 1.39. The maximum absolute atomic E-state index is 12.7. The minimum atomic E-state index is -3.91. The predicted molar refractivity (Wildman–Crippen MR) is 152 cm³/mol. The molecule has 3 rings (SSSR count). The van der Waals surface area contributed by atoms with Crippen LogP contribution >= 0.6 is 46.8 Å². The first-order valence-corrected chi connectivity index (χ1v) is 13.9. The number of methoxy groups -OCH3 is 1. The molecular weight excluding hydrogens is 579 g/mol. The van der Waals surface area contributed by atoms with Gasteiger partial charge in [-0.15, -0.1) is 11.3 Å². The highest BCUT2D eigenvalue weighted by atomic mass is 35.5. The molecule has 14 heteroatoms. The van der Waals surface area contributed by atoms with E-state index in [1.54, 1.807) is 21.0 Å². The number of rotatable bonds is 7. The first-order chi connectivity index (χ1) is 17.3. The van der Waals surface area contributed by atoms with Crippen molar-refractivity contribution in [1.82, 2.24) is 4.90 Å². The van der Waals surface area contributed by atoms with Crippen LogP contribution in [0.3, 0.4) is 0 Å². The summed E-state index contributed by atoms with van der Waals surface area (Å²) in [6, 6.07) is 10.2. The molecule has 0 bridgehead atoms. The van der Waals surface area contributed by atoms with Gasteiger partial charge in [-0.3, -0.25) is 9.52 Å². The number of sulfonamides is 1. The zero-order valence-electron chi connectivity index (χ0n) is 20.0. The number of carbonyl (C=O) groups excluding carboxylic acids is 2. The molecule has 0 aliphatic heterocycles. The number of nitrogens with zero attached hydrogens (tertiary/aromatic N) is 1. The molecule has 2 aromatic carbocycles. The molecule has 3 aromatic rings. The smallest absolute Gasteiger partial charge is 0.341 e. The van der Waals surface area contributed by atoms with Crippen LogP contribution in [0.5, 0.6) is 0 Å². The summed E-state index contributed by atoms with van der Waals surface area (Å²) in [6.45, 7) is 1.66. The number of hydrogen-bond donors (Lipinski definition) is 3. The Morgan fingerprint density at radius 2 is 1.59 bits per heavy atom. The molecule has 0 spiro atoms. The molecule has 37 heavy (non-hydrogen) atoms. The topological polar surface area (TPSA) is 117 Å². The molecule has 0 saturated heterocycles. The highest BCUT2D eigenvalue weighted by Gasteiger charge is 2.26. The molecule has 1 amide bonds. The van der Waals surface area contributed by atoms with Crippen LogP contribution in [0.1, 0.15) is 25.6 Å². The second-order valence-electron chi connectivity index (χ2n) is 7.82. The van der Waals surface area contributed by atoms with E-state index in [0.717, 1.165) is 11.3 Å². The van der Waals surface area contributed by atoms with Crippen molar-refractivity contribution in [1.29, 1.82) is 0 Å². The Kier molecular flexibility index (Phi) is 9.03. The monoisotopic (exact) mass is 600 g/mol. The van der Waals surface area contributed by atoms with Gasteiger partial charge in [0.2, 0.25) is 0 Å². The number of nitrogens with one attached hydrogen (secondary N) is 3. The number of carbonyl (C=O) groups is 2. The Morgan fingerprint density at radius 1 is 1.00 bits per heavy atom. The quantitative estimate of drug-likeness (QED) is 0.242.